The number of likely N-dealkylation sites (tertiary alicyclic amines) is 1. The van der Waals surface area contributed by atoms with E-state index in [9.17, 15) is 28.8 Å². The van der Waals surface area contributed by atoms with Crippen molar-refractivity contribution in [3.05, 3.63) is 11.6 Å². The van der Waals surface area contributed by atoms with Gasteiger partial charge in [0, 0.05) is 13.0 Å². The highest BCUT2D eigenvalue weighted by Gasteiger charge is 2.69. The molecule has 0 aromatic rings. The van der Waals surface area contributed by atoms with Gasteiger partial charge in [0.2, 0.25) is 17.6 Å². The van der Waals surface area contributed by atoms with Crippen LogP contribution in [0.2, 0.25) is 0 Å². The average Bonchev–Trinajstić information content (AvgIpc) is 3.17. The molecule has 0 spiro atoms. The summed E-state index contributed by atoms with van der Waals surface area (Å²) in [6, 6.07) is -3.06. The standard InChI is InChI=1S/C30H46N4O7/c1-8-16(2)21(35)13-12-19(33-28(40)41-29(3,4)5)27(39)34-15-18-22(30(18,6)7)23(34)26(38)32-20(24(36)25(31)37)14-17-10-9-11-17/h8,17-20,22-23H,9-15H2,1-7H3,(H2,31,37)(H,32,38)(H,33,40)/b16-8+/t18-,19-,20?,22-,23-/m0/s1. The first-order chi connectivity index (χ1) is 19.0. The number of allylic oxidation sites excluding steroid dienone is 2. The number of carbonyl (C=O) groups excluding carboxylic acids is 6. The smallest absolute Gasteiger partial charge is 0.408 e. The number of nitrogens with one attached hydrogen (secondary N) is 2. The molecule has 1 aliphatic heterocycles. The van der Waals surface area contributed by atoms with Crippen LogP contribution in [0, 0.1) is 23.2 Å². The summed E-state index contributed by atoms with van der Waals surface area (Å²) in [6.07, 6.45) is 4.09. The van der Waals surface area contributed by atoms with E-state index in [2.05, 4.69) is 10.6 Å². The van der Waals surface area contributed by atoms with Crippen LogP contribution in [-0.4, -0.2) is 70.6 Å². The van der Waals surface area contributed by atoms with Crippen LogP contribution in [0.1, 0.15) is 87.0 Å². The molecule has 1 saturated heterocycles. The summed E-state index contributed by atoms with van der Waals surface area (Å²) < 4.78 is 5.37. The Morgan fingerprint density at radius 3 is 2.22 bits per heavy atom. The Hall–Kier alpha value is -3.24. The summed E-state index contributed by atoms with van der Waals surface area (Å²) in [4.78, 5) is 78.7. The topological polar surface area (TPSA) is 165 Å². The van der Waals surface area contributed by atoms with Gasteiger partial charge in [-0.3, -0.25) is 24.0 Å². The second-order valence-corrected chi connectivity index (χ2v) is 13.3. The number of nitrogens with two attached hydrogens (primary N) is 1. The summed E-state index contributed by atoms with van der Waals surface area (Å²) in [5.74, 6) is -3.03. The molecule has 3 rings (SSSR count). The van der Waals surface area contributed by atoms with Crippen molar-refractivity contribution < 1.29 is 33.5 Å². The number of nitrogens with zero attached hydrogens (tertiary/aromatic N) is 1. The van der Waals surface area contributed by atoms with Crippen LogP contribution >= 0.6 is 0 Å². The van der Waals surface area contributed by atoms with E-state index in [4.69, 9.17) is 10.5 Å². The fraction of sp³-hybridized carbons (Fsp3) is 0.733. The number of ether oxygens (including phenoxy) is 1. The number of piperidine rings is 1. The van der Waals surface area contributed by atoms with E-state index in [-0.39, 0.29) is 41.8 Å². The maximum absolute atomic E-state index is 14.0. The Kier molecular flexibility index (Phi) is 9.70. The SMILES string of the molecule is C/C=C(\C)C(=O)CC[C@H](NC(=O)OC(C)(C)C)C(=O)N1C[C@H]2[C@@H]([C@H]1C(=O)NC(CC1CCC1)C(=O)C(N)=O)C2(C)C. The van der Waals surface area contributed by atoms with Crippen LogP contribution in [0.4, 0.5) is 4.79 Å². The molecule has 0 aromatic heterocycles. The maximum atomic E-state index is 14.0. The molecule has 3 fully saturated rings. The zero-order chi connectivity index (χ0) is 30.9. The van der Waals surface area contributed by atoms with Crippen molar-refractivity contribution in [2.45, 2.75) is 111 Å². The van der Waals surface area contributed by atoms with Gasteiger partial charge in [0.15, 0.2) is 5.78 Å². The normalized spacial score (nSPS) is 24.8. The first-order valence-electron chi connectivity index (χ1n) is 14.6. The fourth-order valence-corrected chi connectivity index (χ4v) is 6.08. The lowest BCUT2D eigenvalue weighted by molar-refractivity contribution is -0.144. The fourth-order valence-electron chi connectivity index (χ4n) is 6.08. The third-order valence-corrected chi connectivity index (χ3v) is 8.95. The second kappa shape index (κ2) is 12.3. The Bertz CT molecular complexity index is 1120. The Labute approximate surface area is 242 Å². The number of hydrogen-bond acceptors (Lipinski definition) is 7. The number of alkyl carbamates (subject to hydrolysis) is 1. The van der Waals surface area contributed by atoms with Crippen molar-refractivity contribution in [1.82, 2.24) is 15.5 Å². The predicted molar refractivity (Wildman–Crippen MR) is 151 cm³/mol. The number of rotatable bonds is 12. The molecular weight excluding hydrogens is 528 g/mol. The molecular formula is C30H46N4O7. The second-order valence-electron chi connectivity index (χ2n) is 13.3. The van der Waals surface area contributed by atoms with Crippen LogP contribution in [0.15, 0.2) is 11.6 Å². The zero-order valence-electron chi connectivity index (χ0n) is 25.4. The van der Waals surface area contributed by atoms with Gasteiger partial charge >= 0.3 is 6.09 Å². The van der Waals surface area contributed by atoms with Gasteiger partial charge in [-0.05, 0) is 76.2 Å². The van der Waals surface area contributed by atoms with Crippen LogP contribution in [0.25, 0.3) is 0 Å². The lowest BCUT2D eigenvalue weighted by Crippen LogP contribution is -2.58. The summed E-state index contributed by atoms with van der Waals surface area (Å²) in [6.45, 7) is 12.9. The minimum Gasteiger partial charge on any atom is -0.444 e. The number of amides is 4. The molecule has 228 valence electrons. The lowest BCUT2D eigenvalue weighted by atomic mass is 9.80. The third kappa shape index (κ3) is 7.54. The largest absolute Gasteiger partial charge is 0.444 e. The summed E-state index contributed by atoms with van der Waals surface area (Å²) >= 11 is 0. The molecule has 3 aliphatic rings. The third-order valence-electron chi connectivity index (χ3n) is 8.95. The molecule has 2 saturated carbocycles. The van der Waals surface area contributed by atoms with Crippen molar-refractivity contribution in [1.29, 1.82) is 0 Å². The lowest BCUT2D eigenvalue weighted by Gasteiger charge is -2.35. The molecule has 0 radical (unpaired) electrons. The molecule has 4 N–H and O–H groups in total. The minimum atomic E-state index is -1.11. The van der Waals surface area contributed by atoms with Gasteiger partial charge in [-0.25, -0.2) is 4.79 Å². The molecule has 1 unspecified atom stereocenters. The average molecular weight is 575 g/mol. The van der Waals surface area contributed by atoms with Crippen LogP contribution in [-0.2, 0) is 28.7 Å². The van der Waals surface area contributed by atoms with E-state index in [1.165, 1.54) is 4.90 Å². The molecule has 41 heavy (non-hydrogen) atoms. The number of hydrogen-bond donors (Lipinski definition) is 3. The van der Waals surface area contributed by atoms with Gasteiger partial charge in [0.1, 0.15) is 17.7 Å². The van der Waals surface area contributed by atoms with Crippen molar-refractivity contribution in [2.24, 2.45) is 28.9 Å². The van der Waals surface area contributed by atoms with Gasteiger partial charge in [0.25, 0.3) is 5.91 Å². The highest BCUT2D eigenvalue weighted by Crippen LogP contribution is 2.65. The van der Waals surface area contributed by atoms with Gasteiger partial charge in [-0.15, -0.1) is 0 Å². The molecule has 5 atom stereocenters. The molecule has 0 aromatic carbocycles. The van der Waals surface area contributed by atoms with Gasteiger partial charge in [-0.1, -0.05) is 39.2 Å². The van der Waals surface area contributed by atoms with Crippen molar-refractivity contribution in [3.63, 3.8) is 0 Å². The summed E-state index contributed by atoms with van der Waals surface area (Å²) in [7, 11) is 0. The zero-order valence-corrected chi connectivity index (χ0v) is 25.4. The van der Waals surface area contributed by atoms with E-state index in [1.807, 2.05) is 13.8 Å². The van der Waals surface area contributed by atoms with Crippen molar-refractivity contribution in [3.8, 4) is 0 Å². The van der Waals surface area contributed by atoms with Crippen LogP contribution in [0.5, 0.6) is 0 Å². The van der Waals surface area contributed by atoms with Gasteiger partial charge in [-0.2, -0.15) is 0 Å². The number of primary amides is 1. The molecule has 1 heterocycles. The van der Waals surface area contributed by atoms with Crippen molar-refractivity contribution in [2.75, 3.05) is 6.54 Å². The highest BCUT2D eigenvalue weighted by molar-refractivity contribution is 6.37. The van der Waals surface area contributed by atoms with E-state index in [0.717, 1.165) is 19.3 Å². The number of carbonyl (C=O) groups is 6. The minimum absolute atomic E-state index is 0.0159. The summed E-state index contributed by atoms with van der Waals surface area (Å²) in [5.41, 5.74) is 4.82. The van der Waals surface area contributed by atoms with Crippen LogP contribution in [0.3, 0.4) is 0 Å². The van der Waals surface area contributed by atoms with E-state index < -0.39 is 53.3 Å². The molecule has 4 amide bonds. The first kappa shape index (κ1) is 32.3. The Morgan fingerprint density at radius 2 is 1.71 bits per heavy atom. The molecule has 0 bridgehead atoms. The van der Waals surface area contributed by atoms with Crippen molar-refractivity contribution >= 4 is 35.4 Å². The van der Waals surface area contributed by atoms with E-state index in [1.54, 1.807) is 40.7 Å². The van der Waals surface area contributed by atoms with Crippen LogP contribution < -0.4 is 16.4 Å². The number of ketones is 2. The monoisotopic (exact) mass is 574 g/mol. The highest BCUT2D eigenvalue weighted by atomic mass is 16.6. The molecule has 11 heteroatoms. The van der Waals surface area contributed by atoms with E-state index in [0.29, 0.717) is 18.5 Å². The summed E-state index contributed by atoms with van der Waals surface area (Å²) in [5, 5.41) is 5.36. The van der Waals surface area contributed by atoms with E-state index >= 15 is 0 Å². The van der Waals surface area contributed by atoms with Gasteiger partial charge in [0.05, 0.1) is 6.04 Å². The first-order valence-corrected chi connectivity index (χ1v) is 14.6. The molecule has 2 aliphatic carbocycles. The Morgan fingerprint density at radius 1 is 1.07 bits per heavy atom. The quantitative estimate of drug-likeness (QED) is 0.238. The van der Waals surface area contributed by atoms with Gasteiger partial charge < -0.3 is 26.0 Å². The number of Topliss-reactive ketones (excluding diaryl/α,β-unsaturated/α-hetero) is 2. The predicted octanol–water partition coefficient (Wildman–Crippen LogP) is 2.41. The Balaban J connectivity index is 1.84. The number of fused-ring (bicyclic) bond motifs is 1. The molecule has 11 nitrogen and oxygen atoms in total. The maximum Gasteiger partial charge on any atom is 0.408 e.